The summed E-state index contributed by atoms with van der Waals surface area (Å²) < 4.78 is 75.3. The zero-order valence-electron chi connectivity index (χ0n) is 21.0. The van der Waals surface area contributed by atoms with Crippen LogP contribution in [0.4, 0.5) is 5.69 Å². The normalized spacial score (nSPS) is 21.3. The van der Waals surface area contributed by atoms with Gasteiger partial charge in [-0.2, -0.15) is 15.2 Å². The average Bonchev–Trinajstić information content (AvgIpc) is 3.26. The molecule has 0 spiro atoms. The zero-order chi connectivity index (χ0) is 26.6. The number of aromatic nitrogens is 1. The van der Waals surface area contributed by atoms with E-state index in [0.717, 1.165) is 32.8 Å². The first kappa shape index (κ1) is 32.2. The quantitative estimate of drug-likeness (QED) is 0.119. The first-order valence-corrected chi connectivity index (χ1v) is 14.8. The minimum Gasteiger partial charge on any atom is -0.746 e. The van der Waals surface area contributed by atoms with E-state index in [4.69, 9.17) is 0 Å². The number of aryl methyl sites for hydroxylation is 1. The zero-order valence-corrected chi connectivity index (χ0v) is 27.5. The molecule has 0 radical (unpaired) electrons. The fourth-order valence-corrected chi connectivity index (χ4v) is 8.38. The third-order valence-electron chi connectivity index (χ3n) is 6.10. The second-order valence-corrected chi connectivity index (χ2v) is 13.2. The monoisotopic (exact) mass is 602 g/mol. The molecule has 3 aromatic carbocycles. The molecule has 1 aliphatic carbocycles. The SMILES string of the molecule is Cc1ccc2nc[s+](-c3ccc(N=NC4(S(=O)(=O)[O-])C=Cc5ccccc5C4(O)S(=O)(=O)[O-])cc3)c2c1.[Na+].[Na+]. The third-order valence-corrected chi connectivity index (χ3v) is 10.7. The van der Waals surface area contributed by atoms with E-state index in [1.54, 1.807) is 12.1 Å². The molecule has 0 amide bonds. The van der Waals surface area contributed by atoms with E-state index in [-0.39, 0.29) is 70.4 Å². The van der Waals surface area contributed by atoms with E-state index >= 15 is 0 Å². The Morgan fingerprint density at radius 2 is 1.59 bits per heavy atom. The summed E-state index contributed by atoms with van der Waals surface area (Å²) in [5.74, 6) is 0. The summed E-state index contributed by atoms with van der Waals surface area (Å²) in [6.07, 6.45) is 1.69. The summed E-state index contributed by atoms with van der Waals surface area (Å²) in [5.41, 5.74) is 3.29. The van der Waals surface area contributed by atoms with E-state index in [0.29, 0.717) is 6.08 Å². The fraction of sp³-hybridized carbons (Fsp3) is 0.125. The van der Waals surface area contributed by atoms with Crippen LogP contribution in [0.1, 0.15) is 16.7 Å². The number of hydrogen-bond donors (Lipinski definition) is 1. The maximum absolute atomic E-state index is 12.4. The van der Waals surface area contributed by atoms with E-state index in [2.05, 4.69) is 15.2 Å². The van der Waals surface area contributed by atoms with Crippen LogP contribution >= 0.6 is 10.5 Å². The minimum absolute atomic E-state index is 0. The number of fused-ring (bicyclic) bond motifs is 2. The van der Waals surface area contributed by atoms with Gasteiger partial charge in [0.15, 0.2) is 4.90 Å². The van der Waals surface area contributed by atoms with Crippen molar-refractivity contribution in [1.29, 1.82) is 0 Å². The molecular weight excluding hydrogens is 584 g/mol. The van der Waals surface area contributed by atoms with Crippen LogP contribution in [0.15, 0.2) is 88.5 Å². The Hall–Kier alpha value is -1.33. The van der Waals surface area contributed by atoms with Gasteiger partial charge in [0.1, 0.15) is 25.8 Å². The first-order valence-electron chi connectivity index (χ1n) is 10.7. The Kier molecular flexibility index (Phi) is 9.50. The van der Waals surface area contributed by atoms with Crippen molar-refractivity contribution in [3.8, 4) is 4.90 Å². The summed E-state index contributed by atoms with van der Waals surface area (Å²) in [5, 5.41) is 18.5. The molecule has 4 aromatic rings. The first-order chi connectivity index (χ1) is 17.4. The van der Waals surface area contributed by atoms with Crippen LogP contribution in [-0.4, -0.2) is 40.9 Å². The number of benzene rings is 3. The molecule has 0 fully saturated rings. The average molecular weight is 603 g/mol. The molecule has 39 heavy (non-hydrogen) atoms. The molecule has 0 saturated heterocycles. The van der Waals surface area contributed by atoms with Crippen molar-refractivity contribution in [1.82, 2.24) is 4.98 Å². The van der Waals surface area contributed by atoms with Gasteiger partial charge >= 0.3 is 59.1 Å². The van der Waals surface area contributed by atoms with Crippen molar-refractivity contribution in [2.45, 2.75) is 16.7 Å². The van der Waals surface area contributed by atoms with Crippen molar-refractivity contribution >= 4 is 52.7 Å². The van der Waals surface area contributed by atoms with Gasteiger partial charge in [-0.15, -0.1) is 0 Å². The van der Waals surface area contributed by atoms with Crippen LogP contribution in [0.2, 0.25) is 0 Å². The predicted molar refractivity (Wildman–Crippen MR) is 136 cm³/mol. The molecule has 1 N–H and O–H groups in total. The van der Waals surface area contributed by atoms with Gasteiger partial charge in [0, 0.05) is 34.2 Å². The van der Waals surface area contributed by atoms with Gasteiger partial charge in [-0.3, -0.25) is 0 Å². The van der Waals surface area contributed by atoms with E-state index in [9.17, 15) is 31.0 Å². The van der Waals surface area contributed by atoms with Gasteiger partial charge in [0.25, 0.3) is 0 Å². The predicted octanol–water partition coefficient (Wildman–Crippen LogP) is -1.97. The number of aliphatic hydroxyl groups is 1. The van der Waals surface area contributed by atoms with Gasteiger partial charge in [0.2, 0.25) is 20.0 Å². The number of nitrogens with zero attached hydrogens (tertiary/aromatic N) is 3. The van der Waals surface area contributed by atoms with Gasteiger partial charge < -0.3 is 14.2 Å². The Labute approximate surface area is 272 Å². The Bertz CT molecular complexity index is 1830. The van der Waals surface area contributed by atoms with Crippen LogP contribution in [0.5, 0.6) is 0 Å². The topological polar surface area (TPSA) is 172 Å². The molecule has 5 rings (SSSR count). The smallest absolute Gasteiger partial charge is 0.746 e. The van der Waals surface area contributed by atoms with Gasteiger partial charge in [-0.05, 0) is 42.3 Å². The molecular formula is C24H18N3Na2O7S3+. The summed E-state index contributed by atoms with van der Waals surface area (Å²) in [6, 6.07) is 17.5. The van der Waals surface area contributed by atoms with Crippen molar-refractivity contribution in [2.75, 3.05) is 0 Å². The molecule has 1 aromatic heterocycles. The molecule has 0 bridgehead atoms. The molecule has 3 unspecified atom stereocenters. The Morgan fingerprint density at radius 3 is 2.23 bits per heavy atom. The number of rotatable bonds is 5. The fourth-order valence-electron chi connectivity index (χ4n) is 4.23. The molecule has 3 atom stereocenters. The molecule has 0 saturated carbocycles. The Morgan fingerprint density at radius 1 is 0.923 bits per heavy atom. The molecule has 0 aliphatic heterocycles. The molecule has 15 heteroatoms. The second kappa shape index (κ2) is 11.5. The van der Waals surface area contributed by atoms with Crippen LogP contribution in [0.25, 0.3) is 21.2 Å². The van der Waals surface area contributed by atoms with Crippen molar-refractivity contribution < 1.29 is 90.2 Å². The van der Waals surface area contributed by atoms with Crippen LogP contribution in [0, 0.1) is 6.92 Å². The van der Waals surface area contributed by atoms with E-state index < -0.39 is 46.1 Å². The third kappa shape index (κ3) is 5.36. The van der Waals surface area contributed by atoms with Crippen LogP contribution < -0.4 is 59.1 Å². The van der Waals surface area contributed by atoms with Crippen LogP contribution in [0.3, 0.4) is 0 Å². The summed E-state index contributed by atoms with van der Waals surface area (Å²) >= 11 is 0. The summed E-state index contributed by atoms with van der Waals surface area (Å²) in [6.45, 7) is 1.98. The van der Waals surface area contributed by atoms with Gasteiger partial charge in [-0.25, -0.2) is 16.8 Å². The maximum Gasteiger partial charge on any atom is 1.00 e. The molecule has 1 aliphatic rings. The summed E-state index contributed by atoms with van der Waals surface area (Å²) in [4.78, 5) is -1.89. The van der Waals surface area contributed by atoms with Gasteiger partial charge in [0.05, 0.1) is 5.69 Å². The van der Waals surface area contributed by atoms with Crippen molar-refractivity contribution in [3.05, 3.63) is 95.0 Å². The largest absolute Gasteiger partial charge is 1.00 e. The Balaban J connectivity index is 0.00000210. The molecule has 10 nitrogen and oxygen atoms in total. The van der Waals surface area contributed by atoms with Gasteiger partial charge in [-0.1, -0.05) is 36.4 Å². The summed E-state index contributed by atoms with van der Waals surface area (Å²) in [7, 11) is -12.1. The number of thiazole rings is 1. The van der Waals surface area contributed by atoms with E-state index in [1.807, 2.05) is 30.6 Å². The second-order valence-electron chi connectivity index (χ2n) is 8.41. The maximum atomic E-state index is 12.4. The molecule has 1 heterocycles. The van der Waals surface area contributed by atoms with E-state index in [1.165, 1.54) is 30.3 Å². The number of hydrogen-bond acceptors (Lipinski definition) is 10. The number of azo groups is 1. The van der Waals surface area contributed by atoms with Crippen molar-refractivity contribution in [3.63, 3.8) is 0 Å². The minimum atomic E-state index is -5.88. The van der Waals surface area contributed by atoms with Crippen molar-refractivity contribution in [2.24, 2.45) is 10.2 Å². The molecule has 190 valence electrons. The van der Waals surface area contributed by atoms with Crippen LogP contribution in [-0.2, 0) is 25.2 Å². The standard InChI is InChI=1S/C24H19N3O7S3.2Na/c1-16-6-11-21-22(14-16)35(15-25-21)19-9-7-18(8-10-19)26-27-23(36(29,30)31)13-12-17-4-2-3-5-20(17)24(23,28)37(32,33)34;;/h2-15,28H,1H3,(H-,29,30,31,32,33,34);;/q;2*+1/p-1.